The third-order valence-electron chi connectivity index (χ3n) is 3.13. The van der Waals surface area contributed by atoms with Crippen LogP contribution >= 0.6 is 0 Å². The van der Waals surface area contributed by atoms with Crippen molar-refractivity contribution in [3.05, 3.63) is 0 Å². The number of nitrogens with two attached hydrogens (primary N) is 1. The van der Waals surface area contributed by atoms with Gasteiger partial charge in [0.1, 0.15) is 6.01 Å². The van der Waals surface area contributed by atoms with Crippen molar-refractivity contribution in [3.8, 4) is 0 Å². The summed E-state index contributed by atoms with van der Waals surface area (Å²) in [6.07, 6.45) is 4.76. The molecule has 0 fully saturated rings. The van der Waals surface area contributed by atoms with Gasteiger partial charge in [0.25, 0.3) is 0 Å². The van der Waals surface area contributed by atoms with Crippen LogP contribution in [0.1, 0.15) is 46.5 Å². The minimum Gasteiger partial charge on any atom is -0.314 e. The lowest BCUT2D eigenvalue weighted by atomic mass is 9.77. The highest BCUT2D eigenvalue weighted by atomic mass is 15.1. The smallest absolute Gasteiger partial charge is 0.114 e. The zero-order valence-corrected chi connectivity index (χ0v) is 9.01. The molecule has 0 rings (SSSR count). The van der Waals surface area contributed by atoms with Crippen LogP contribution in [0.15, 0.2) is 10.1 Å². The molecular weight excluding hydrogens is 162 g/mol. The Labute approximate surface area is 81.1 Å². The summed E-state index contributed by atoms with van der Waals surface area (Å²) in [6, 6.07) is 2.42. The molecule has 0 aromatic carbocycles. The summed E-state index contributed by atoms with van der Waals surface area (Å²) in [5.74, 6) is 4.90. The molecule has 76 valence electrons. The maximum absolute atomic E-state index is 4.90. The normalized spacial score (nSPS) is 10.7. The third-order valence-corrected chi connectivity index (χ3v) is 3.13. The molecule has 0 aliphatic carbocycles. The molecule has 0 unspecified atom stereocenters. The Hall–Kier alpha value is -0.820. The quantitative estimate of drug-likeness (QED) is 0.384. The Bertz CT molecular complexity index is 168. The van der Waals surface area contributed by atoms with E-state index in [2.05, 4.69) is 36.9 Å². The van der Waals surface area contributed by atoms with Crippen molar-refractivity contribution in [2.75, 3.05) is 6.54 Å². The van der Waals surface area contributed by atoms with Gasteiger partial charge >= 0.3 is 0 Å². The van der Waals surface area contributed by atoms with Gasteiger partial charge < -0.3 is 5.84 Å². The molecule has 0 aromatic rings. The van der Waals surface area contributed by atoms with E-state index in [1.807, 2.05) is 0 Å². The predicted octanol–water partition coefficient (Wildman–Crippen LogP) is 2.64. The predicted molar refractivity (Wildman–Crippen MR) is 56.8 cm³/mol. The second kappa shape index (κ2) is 6.67. The van der Waals surface area contributed by atoms with Gasteiger partial charge in [-0.05, 0) is 11.8 Å². The average molecular weight is 183 g/mol. The zero-order chi connectivity index (χ0) is 10.2. The number of rotatable bonds is 6. The SMILES string of the molecule is CCC(CC)(CC)CCN=C=NN. The maximum Gasteiger partial charge on any atom is 0.114 e. The topological polar surface area (TPSA) is 50.7 Å². The lowest BCUT2D eigenvalue weighted by molar-refractivity contribution is 0.234. The van der Waals surface area contributed by atoms with E-state index >= 15 is 0 Å². The standard InChI is InChI=1S/C10H21N3/c1-4-10(5-2,6-3)7-8-12-9-13-11/h4-8,11H2,1-3H3. The van der Waals surface area contributed by atoms with Gasteiger partial charge in [-0.25, -0.2) is 4.99 Å². The molecule has 0 heterocycles. The summed E-state index contributed by atoms with van der Waals surface area (Å²) < 4.78 is 0. The van der Waals surface area contributed by atoms with Gasteiger partial charge in [0, 0.05) is 0 Å². The van der Waals surface area contributed by atoms with E-state index in [0.29, 0.717) is 5.41 Å². The minimum absolute atomic E-state index is 0.458. The first kappa shape index (κ1) is 12.2. The highest BCUT2D eigenvalue weighted by molar-refractivity contribution is 5.40. The van der Waals surface area contributed by atoms with Crippen LogP contribution in [0.2, 0.25) is 0 Å². The fourth-order valence-electron chi connectivity index (χ4n) is 1.66. The summed E-state index contributed by atoms with van der Waals surface area (Å²) in [5.41, 5.74) is 0.458. The molecule has 2 N–H and O–H groups in total. The largest absolute Gasteiger partial charge is 0.314 e. The van der Waals surface area contributed by atoms with E-state index in [1.165, 1.54) is 19.3 Å². The molecule has 0 saturated carbocycles. The fourth-order valence-corrected chi connectivity index (χ4v) is 1.66. The highest BCUT2D eigenvalue weighted by Crippen LogP contribution is 2.33. The number of hydrogen-bond donors (Lipinski definition) is 1. The summed E-state index contributed by atoms with van der Waals surface area (Å²) >= 11 is 0. The summed E-state index contributed by atoms with van der Waals surface area (Å²) in [4.78, 5) is 3.98. The van der Waals surface area contributed by atoms with Crippen molar-refractivity contribution in [1.82, 2.24) is 0 Å². The van der Waals surface area contributed by atoms with Crippen molar-refractivity contribution in [1.29, 1.82) is 0 Å². The third kappa shape index (κ3) is 4.09. The molecular formula is C10H21N3. The molecule has 0 radical (unpaired) electrons. The van der Waals surface area contributed by atoms with Crippen LogP contribution in [0.3, 0.4) is 0 Å². The first-order chi connectivity index (χ1) is 6.24. The molecule has 0 aliphatic rings. The molecule has 3 nitrogen and oxygen atoms in total. The van der Waals surface area contributed by atoms with Crippen LogP contribution in [-0.4, -0.2) is 12.6 Å². The monoisotopic (exact) mass is 183 g/mol. The first-order valence-corrected chi connectivity index (χ1v) is 5.06. The van der Waals surface area contributed by atoms with Crippen LogP contribution < -0.4 is 5.84 Å². The van der Waals surface area contributed by atoms with E-state index in [4.69, 9.17) is 5.84 Å². The molecule has 0 atom stereocenters. The van der Waals surface area contributed by atoms with Gasteiger partial charge in [0.2, 0.25) is 0 Å². The van der Waals surface area contributed by atoms with Gasteiger partial charge in [-0.3, -0.25) is 0 Å². The lowest BCUT2D eigenvalue weighted by Crippen LogP contribution is -2.18. The van der Waals surface area contributed by atoms with E-state index < -0.39 is 0 Å². The summed E-state index contributed by atoms with van der Waals surface area (Å²) in [5, 5.41) is 3.22. The van der Waals surface area contributed by atoms with Gasteiger partial charge in [-0.1, -0.05) is 40.0 Å². The van der Waals surface area contributed by atoms with E-state index in [1.54, 1.807) is 0 Å². The molecule has 0 amide bonds. The van der Waals surface area contributed by atoms with Crippen LogP contribution in [-0.2, 0) is 0 Å². The van der Waals surface area contributed by atoms with Gasteiger partial charge in [-0.2, -0.15) is 0 Å². The van der Waals surface area contributed by atoms with Crippen LogP contribution in [0, 0.1) is 5.41 Å². The molecule has 13 heavy (non-hydrogen) atoms. The Morgan fingerprint density at radius 2 is 1.69 bits per heavy atom. The Balaban J connectivity index is 4.02. The van der Waals surface area contributed by atoms with Crippen LogP contribution in [0.25, 0.3) is 0 Å². The van der Waals surface area contributed by atoms with E-state index in [9.17, 15) is 0 Å². The molecule has 0 bridgehead atoms. The van der Waals surface area contributed by atoms with Crippen molar-refractivity contribution < 1.29 is 0 Å². The second-order valence-electron chi connectivity index (χ2n) is 3.42. The Morgan fingerprint density at radius 3 is 2.08 bits per heavy atom. The Morgan fingerprint density at radius 1 is 1.15 bits per heavy atom. The molecule has 3 heteroatoms. The molecule has 0 saturated heterocycles. The number of hydrogen-bond acceptors (Lipinski definition) is 3. The van der Waals surface area contributed by atoms with Crippen LogP contribution in [0.4, 0.5) is 0 Å². The average Bonchev–Trinajstić information content (AvgIpc) is 2.20. The number of hydrazone groups is 1. The number of nitrogens with zero attached hydrogens (tertiary/aromatic N) is 2. The summed E-state index contributed by atoms with van der Waals surface area (Å²) in [7, 11) is 0. The maximum atomic E-state index is 4.90. The van der Waals surface area contributed by atoms with Crippen LogP contribution in [0.5, 0.6) is 0 Å². The van der Waals surface area contributed by atoms with Gasteiger partial charge in [-0.15, -0.1) is 5.10 Å². The van der Waals surface area contributed by atoms with Crippen molar-refractivity contribution in [3.63, 3.8) is 0 Å². The van der Waals surface area contributed by atoms with E-state index in [0.717, 1.165) is 13.0 Å². The minimum atomic E-state index is 0.458. The molecule has 0 aromatic heterocycles. The second-order valence-corrected chi connectivity index (χ2v) is 3.42. The number of aliphatic imine (C=N–C) groups is 1. The Kier molecular flexibility index (Phi) is 6.25. The first-order valence-electron chi connectivity index (χ1n) is 5.06. The lowest BCUT2D eigenvalue weighted by Gasteiger charge is -2.29. The van der Waals surface area contributed by atoms with E-state index in [-0.39, 0.29) is 0 Å². The van der Waals surface area contributed by atoms with Crippen molar-refractivity contribution in [2.45, 2.75) is 46.5 Å². The van der Waals surface area contributed by atoms with Gasteiger partial charge in [0.05, 0.1) is 6.54 Å². The fraction of sp³-hybridized carbons (Fsp3) is 0.900. The summed E-state index contributed by atoms with van der Waals surface area (Å²) in [6.45, 7) is 7.52. The van der Waals surface area contributed by atoms with Gasteiger partial charge in [0.15, 0.2) is 0 Å². The van der Waals surface area contributed by atoms with Crippen molar-refractivity contribution in [2.24, 2.45) is 21.4 Å². The highest BCUT2D eigenvalue weighted by Gasteiger charge is 2.22. The molecule has 0 spiro atoms. The molecule has 0 aliphatic heterocycles. The van der Waals surface area contributed by atoms with Crippen molar-refractivity contribution >= 4 is 6.01 Å². The zero-order valence-electron chi connectivity index (χ0n) is 9.01.